The Morgan fingerprint density at radius 3 is 2.29 bits per heavy atom. The van der Waals surface area contributed by atoms with E-state index in [1.165, 1.54) is 4.90 Å². The van der Waals surface area contributed by atoms with Gasteiger partial charge in [0.1, 0.15) is 0 Å². The van der Waals surface area contributed by atoms with Crippen LogP contribution in [0, 0.1) is 5.41 Å². The number of aliphatic carboxylic acids is 1. The van der Waals surface area contributed by atoms with Gasteiger partial charge in [-0.1, -0.05) is 12.8 Å². The topological polar surface area (TPSA) is 40.5 Å². The number of halogens is 3. The van der Waals surface area contributed by atoms with Crippen LogP contribution in [0.2, 0.25) is 0 Å². The van der Waals surface area contributed by atoms with Crippen LogP contribution in [0.15, 0.2) is 0 Å². The molecule has 0 heterocycles. The first kappa shape index (κ1) is 14.3. The number of carbonyl (C=O) groups is 1. The van der Waals surface area contributed by atoms with Crippen LogP contribution < -0.4 is 0 Å². The highest BCUT2D eigenvalue weighted by Crippen LogP contribution is 2.39. The number of hydrogen-bond acceptors (Lipinski definition) is 2. The first-order valence-electron chi connectivity index (χ1n) is 5.74. The van der Waals surface area contributed by atoms with Crippen LogP contribution in [0.5, 0.6) is 0 Å². The molecule has 6 heteroatoms. The quantitative estimate of drug-likeness (QED) is 0.818. The molecule has 3 nitrogen and oxygen atoms in total. The van der Waals surface area contributed by atoms with Crippen molar-refractivity contribution in [2.75, 3.05) is 20.1 Å². The van der Waals surface area contributed by atoms with Crippen molar-refractivity contribution in [3.8, 4) is 0 Å². The number of alkyl halides is 3. The number of rotatable bonds is 5. The zero-order valence-electron chi connectivity index (χ0n) is 9.89. The lowest BCUT2D eigenvalue weighted by atomic mass is 9.86. The SMILES string of the molecule is CN(CCC(F)(F)F)CC1(C(=O)O)CCCC1. The number of hydrogen-bond donors (Lipinski definition) is 1. The van der Waals surface area contributed by atoms with Crippen molar-refractivity contribution < 1.29 is 23.1 Å². The highest BCUT2D eigenvalue weighted by atomic mass is 19.4. The van der Waals surface area contributed by atoms with E-state index in [1.54, 1.807) is 7.05 Å². The molecule has 0 unspecified atom stereocenters. The van der Waals surface area contributed by atoms with Gasteiger partial charge in [-0.2, -0.15) is 13.2 Å². The Morgan fingerprint density at radius 2 is 1.88 bits per heavy atom. The van der Waals surface area contributed by atoms with Crippen LogP contribution in [0.1, 0.15) is 32.1 Å². The van der Waals surface area contributed by atoms with E-state index in [2.05, 4.69) is 0 Å². The molecule has 0 spiro atoms. The molecular weight excluding hydrogens is 235 g/mol. The van der Waals surface area contributed by atoms with Gasteiger partial charge in [0.05, 0.1) is 11.8 Å². The molecule has 0 atom stereocenters. The lowest BCUT2D eigenvalue weighted by molar-refractivity contribution is -0.150. The molecule has 1 aliphatic rings. The normalized spacial score (nSPS) is 19.8. The molecular formula is C11H18F3NO2. The second-order valence-corrected chi connectivity index (χ2v) is 4.90. The van der Waals surface area contributed by atoms with E-state index in [-0.39, 0.29) is 13.1 Å². The van der Waals surface area contributed by atoms with Gasteiger partial charge in [-0.25, -0.2) is 0 Å². The Kier molecular flexibility index (Phi) is 4.41. The van der Waals surface area contributed by atoms with Gasteiger partial charge in [0.2, 0.25) is 0 Å². The fourth-order valence-electron chi connectivity index (χ4n) is 2.40. The minimum atomic E-state index is -4.18. The van der Waals surface area contributed by atoms with E-state index in [9.17, 15) is 23.1 Å². The van der Waals surface area contributed by atoms with Crippen molar-refractivity contribution in [3.05, 3.63) is 0 Å². The molecule has 0 saturated heterocycles. The second kappa shape index (κ2) is 5.25. The molecule has 0 aliphatic heterocycles. The third-order valence-corrected chi connectivity index (χ3v) is 3.36. The first-order valence-corrected chi connectivity index (χ1v) is 5.74. The van der Waals surface area contributed by atoms with Gasteiger partial charge in [-0.15, -0.1) is 0 Å². The summed E-state index contributed by atoms with van der Waals surface area (Å²) in [5.74, 6) is -0.881. The lowest BCUT2D eigenvalue weighted by Gasteiger charge is -2.29. The van der Waals surface area contributed by atoms with E-state index in [1.807, 2.05) is 0 Å². The number of carboxylic acid groups (broad SMARTS) is 1. The second-order valence-electron chi connectivity index (χ2n) is 4.90. The number of carboxylic acids is 1. The lowest BCUT2D eigenvalue weighted by Crippen LogP contribution is -2.40. The fraction of sp³-hybridized carbons (Fsp3) is 0.909. The van der Waals surface area contributed by atoms with Crippen LogP contribution in [0.25, 0.3) is 0 Å². The maximum Gasteiger partial charge on any atom is 0.390 e. The summed E-state index contributed by atoms with van der Waals surface area (Å²) in [6.07, 6.45) is -2.24. The summed E-state index contributed by atoms with van der Waals surface area (Å²) >= 11 is 0. The molecule has 0 aromatic carbocycles. The molecule has 0 bridgehead atoms. The van der Waals surface area contributed by atoms with E-state index in [0.29, 0.717) is 12.8 Å². The number of nitrogens with zero attached hydrogens (tertiary/aromatic N) is 1. The first-order chi connectivity index (χ1) is 7.75. The Balaban J connectivity index is 2.48. The summed E-state index contributed by atoms with van der Waals surface area (Å²) in [5.41, 5.74) is -0.833. The molecule has 1 N–H and O–H groups in total. The average Bonchev–Trinajstić information content (AvgIpc) is 2.63. The van der Waals surface area contributed by atoms with Gasteiger partial charge in [-0.3, -0.25) is 4.79 Å². The summed E-state index contributed by atoms with van der Waals surface area (Å²) in [4.78, 5) is 12.7. The Labute approximate surface area is 98.6 Å². The van der Waals surface area contributed by atoms with Crippen LogP contribution in [-0.4, -0.2) is 42.3 Å². The van der Waals surface area contributed by atoms with Crippen LogP contribution >= 0.6 is 0 Å². The Bertz CT molecular complexity index is 272. The molecule has 1 saturated carbocycles. The minimum Gasteiger partial charge on any atom is -0.481 e. The van der Waals surface area contributed by atoms with Gasteiger partial charge in [0, 0.05) is 13.1 Å². The van der Waals surface area contributed by atoms with E-state index < -0.39 is 24.0 Å². The molecule has 1 fully saturated rings. The van der Waals surface area contributed by atoms with Crippen LogP contribution in [-0.2, 0) is 4.79 Å². The summed E-state index contributed by atoms with van der Waals surface area (Å²) in [7, 11) is 1.55. The zero-order valence-corrected chi connectivity index (χ0v) is 9.89. The van der Waals surface area contributed by atoms with Crippen molar-refractivity contribution in [2.24, 2.45) is 5.41 Å². The van der Waals surface area contributed by atoms with Crippen molar-refractivity contribution in [3.63, 3.8) is 0 Å². The fourth-order valence-corrected chi connectivity index (χ4v) is 2.40. The maximum atomic E-state index is 12.0. The van der Waals surface area contributed by atoms with Crippen LogP contribution in [0.3, 0.4) is 0 Å². The van der Waals surface area contributed by atoms with Gasteiger partial charge < -0.3 is 10.0 Å². The zero-order chi connectivity index (χ0) is 13.1. The van der Waals surface area contributed by atoms with E-state index in [0.717, 1.165) is 12.8 Å². The Hall–Kier alpha value is -0.780. The Morgan fingerprint density at radius 1 is 1.35 bits per heavy atom. The molecule has 0 radical (unpaired) electrons. The smallest absolute Gasteiger partial charge is 0.390 e. The predicted octanol–water partition coefficient (Wildman–Crippen LogP) is 2.52. The summed E-state index contributed by atoms with van der Waals surface area (Å²) < 4.78 is 36.1. The van der Waals surface area contributed by atoms with Crippen molar-refractivity contribution >= 4 is 5.97 Å². The summed E-state index contributed by atoms with van der Waals surface area (Å²) in [6.45, 7) is 0.0664. The van der Waals surface area contributed by atoms with Gasteiger partial charge in [0.25, 0.3) is 0 Å². The highest BCUT2D eigenvalue weighted by Gasteiger charge is 2.42. The van der Waals surface area contributed by atoms with E-state index >= 15 is 0 Å². The van der Waals surface area contributed by atoms with Gasteiger partial charge in [-0.05, 0) is 19.9 Å². The molecule has 1 rings (SSSR count). The van der Waals surface area contributed by atoms with Crippen molar-refractivity contribution in [1.29, 1.82) is 0 Å². The standard InChI is InChI=1S/C11H18F3NO2/c1-15(7-6-11(12,13)14)8-10(9(16)17)4-2-3-5-10/h2-8H2,1H3,(H,16,17). The molecule has 0 amide bonds. The predicted molar refractivity (Wildman–Crippen MR) is 56.7 cm³/mol. The monoisotopic (exact) mass is 253 g/mol. The largest absolute Gasteiger partial charge is 0.481 e. The molecule has 100 valence electrons. The highest BCUT2D eigenvalue weighted by molar-refractivity contribution is 5.75. The third-order valence-electron chi connectivity index (χ3n) is 3.36. The summed E-state index contributed by atoms with van der Waals surface area (Å²) in [5, 5.41) is 9.19. The molecule has 1 aliphatic carbocycles. The van der Waals surface area contributed by atoms with E-state index in [4.69, 9.17) is 0 Å². The van der Waals surface area contributed by atoms with Crippen molar-refractivity contribution in [2.45, 2.75) is 38.3 Å². The molecule has 17 heavy (non-hydrogen) atoms. The minimum absolute atomic E-state index is 0.140. The van der Waals surface area contributed by atoms with Gasteiger partial charge >= 0.3 is 12.1 Å². The molecule has 0 aromatic rings. The molecule has 0 aromatic heterocycles. The third kappa shape index (κ3) is 4.18. The maximum absolute atomic E-state index is 12.0. The average molecular weight is 253 g/mol. The van der Waals surface area contributed by atoms with Crippen molar-refractivity contribution in [1.82, 2.24) is 4.90 Å². The van der Waals surface area contributed by atoms with Gasteiger partial charge in [0.15, 0.2) is 0 Å². The van der Waals surface area contributed by atoms with Crippen LogP contribution in [0.4, 0.5) is 13.2 Å². The summed E-state index contributed by atoms with van der Waals surface area (Å²) in [6, 6.07) is 0.